The summed E-state index contributed by atoms with van der Waals surface area (Å²) in [7, 11) is 1.92. The van der Waals surface area contributed by atoms with Crippen LogP contribution in [0.25, 0.3) is 0 Å². The monoisotopic (exact) mass is 248 g/mol. The number of pyridine rings is 1. The molecule has 98 valence electrons. The largest absolute Gasteiger partial charge is 0.388 e. The van der Waals surface area contributed by atoms with Crippen LogP contribution >= 0.6 is 0 Å². The predicted molar refractivity (Wildman–Crippen MR) is 71.9 cm³/mol. The summed E-state index contributed by atoms with van der Waals surface area (Å²) in [5, 5.41) is 17.7. The van der Waals surface area contributed by atoms with Crippen LogP contribution in [0.15, 0.2) is 18.3 Å². The van der Waals surface area contributed by atoms with Gasteiger partial charge in [0.2, 0.25) is 0 Å². The molecule has 0 spiro atoms. The molecule has 18 heavy (non-hydrogen) atoms. The first-order valence-corrected chi connectivity index (χ1v) is 6.24. The van der Waals surface area contributed by atoms with Crippen LogP contribution in [0.5, 0.6) is 0 Å². The molecule has 4 N–H and O–H groups in total. The van der Waals surface area contributed by atoms with Crippen molar-refractivity contribution in [2.24, 2.45) is 5.73 Å². The van der Waals surface area contributed by atoms with Crippen LogP contribution < -0.4 is 10.6 Å². The van der Waals surface area contributed by atoms with E-state index in [0.29, 0.717) is 12.1 Å². The summed E-state index contributed by atoms with van der Waals surface area (Å²) in [6.45, 7) is 0.597. The number of hydrogen-bond donors (Lipinski definition) is 3. The highest BCUT2D eigenvalue weighted by Gasteiger charge is 2.32. The average Bonchev–Trinajstić information content (AvgIpc) is 2.76. The highest BCUT2D eigenvalue weighted by molar-refractivity contribution is 5.94. The number of likely N-dealkylation sites (N-methyl/N-ethyl adjacent to an activating group) is 1. The minimum absolute atomic E-state index is 0.0196. The van der Waals surface area contributed by atoms with E-state index in [-0.39, 0.29) is 5.84 Å². The lowest BCUT2D eigenvalue weighted by Crippen LogP contribution is -2.39. The van der Waals surface area contributed by atoms with Crippen LogP contribution in [0.3, 0.4) is 0 Å². The Morgan fingerprint density at radius 1 is 1.50 bits per heavy atom. The molecule has 1 aromatic heterocycles. The first-order chi connectivity index (χ1) is 8.50. The van der Waals surface area contributed by atoms with E-state index in [0.717, 1.165) is 31.5 Å². The van der Waals surface area contributed by atoms with Gasteiger partial charge in [0.25, 0.3) is 0 Å². The van der Waals surface area contributed by atoms with Crippen molar-refractivity contribution in [3.05, 3.63) is 23.9 Å². The van der Waals surface area contributed by atoms with Gasteiger partial charge in [0.1, 0.15) is 11.7 Å². The van der Waals surface area contributed by atoms with Gasteiger partial charge >= 0.3 is 0 Å². The number of aliphatic hydroxyl groups is 1. The van der Waals surface area contributed by atoms with Crippen molar-refractivity contribution < 1.29 is 5.11 Å². The summed E-state index contributed by atoms with van der Waals surface area (Å²) >= 11 is 0. The van der Waals surface area contributed by atoms with Crippen LogP contribution in [0, 0.1) is 5.41 Å². The Labute approximate surface area is 107 Å². The van der Waals surface area contributed by atoms with Gasteiger partial charge in [0, 0.05) is 25.4 Å². The van der Waals surface area contributed by atoms with Crippen LogP contribution in [0.1, 0.15) is 31.2 Å². The Bertz CT molecular complexity index is 423. The van der Waals surface area contributed by atoms with Gasteiger partial charge in [-0.15, -0.1) is 0 Å². The molecule has 0 aliphatic heterocycles. The number of nitrogens with two attached hydrogens (primary N) is 1. The van der Waals surface area contributed by atoms with Crippen LogP contribution in [-0.4, -0.2) is 35.1 Å². The molecule has 5 nitrogen and oxygen atoms in total. The third kappa shape index (κ3) is 2.79. The van der Waals surface area contributed by atoms with Crippen molar-refractivity contribution >= 4 is 11.7 Å². The molecule has 1 heterocycles. The van der Waals surface area contributed by atoms with E-state index in [1.165, 1.54) is 0 Å². The van der Waals surface area contributed by atoms with E-state index < -0.39 is 5.60 Å². The van der Waals surface area contributed by atoms with Gasteiger partial charge in [-0.3, -0.25) is 5.41 Å². The zero-order valence-corrected chi connectivity index (χ0v) is 10.7. The second kappa shape index (κ2) is 4.94. The van der Waals surface area contributed by atoms with E-state index in [1.807, 2.05) is 18.0 Å². The van der Waals surface area contributed by atoms with E-state index in [4.69, 9.17) is 11.1 Å². The lowest BCUT2D eigenvalue weighted by atomic mass is 10.0. The Morgan fingerprint density at radius 3 is 2.67 bits per heavy atom. The molecule has 1 aliphatic rings. The number of aromatic nitrogens is 1. The van der Waals surface area contributed by atoms with Crippen molar-refractivity contribution in [2.45, 2.75) is 31.3 Å². The van der Waals surface area contributed by atoms with Crippen LogP contribution in [0.2, 0.25) is 0 Å². The standard InChI is InChI=1S/C13H20N4O/c1-17(9-13(18)6-2-3-7-13)11-5-4-10(8-16-11)12(14)15/h4-5,8,18H,2-3,6-7,9H2,1H3,(H3,14,15). The normalized spacial score (nSPS) is 17.7. The van der Waals surface area contributed by atoms with E-state index >= 15 is 0 Å². The Hall–Kier alpha value is -1.62. The minimum atomic E-state index is -0.574. The fourth-order valence-electron chi connectivity index (χ4n) is 2.48. The number of nitrogens with zero attached hydrogens (tertiary/aromatic N) is 2. The number of amidine groups is 1. The fourth-order valence-corrected chi connectivity index (χ4v) is 2.48. The number of nitrogen functional groups attached to an aromatic ring is 1. The predicted octanol–water partition coefficient (Wildman–Crippen LogP) is 1.11. The zero-order chi connectivity index (χ0) is 13.2. The molecule has 0 amide bonds. The van der Waals surface area contributed by atoms with Gasteiger partial charge in [0.05, 0.1) is 5.60 Å². The zero-order valence-electron chi connectivity index (χ0n) is 10.7. The molecule has 0 unspecified atom stereocenters. The summed E-state index contributed by atoms with van der Waals surface area (Å²) in [5.41, 5.74) is 5.43. The molecule has 5 heteroatoms. The molecule has 0 atom stereocenters. The Kier molecular flexibility index (Phi) is 3.52. The lowest BCUT2D eigenvalue weighted by Gasteiger charge is -2.29. The third-order valence-corrected chi connectivity index (χ3v) is 3.52. The van der Waals surface area contributed by atoms with E-state index in [9.17, 15) is 5.11 Å². The molecule has 1 saturated carbocycles. The molecule has 2 rings (SSSR count). The van der Waals surface area contributed by atoms with Gasteiger partial charge in [-0.1, -0.05) is 12.8 Å². The average molecular weight is 248 g/mol. The fraction of sp³-hybridized carbons (Fsp3) is 0.538. The van der Waals surface area contributed by atoms with Crippen molar-refractivity contribution in [2.75, 3.05) is 18.5 Å². The molecule has 0 radical (unpaired) electrons. The summed E-state index contributed by atoms with van der Waals surface area (Å²) in [6.07, 6.45) is 5.51. The minimum Gasteiger partial charge on any atom is -0.388 e. The highest BCUT2D eigenvalue weighted by Crippen LogP contribution is 2.30. The number of nitrogens with one attached hydrogen (secondary N) is 1. The smallest absolute Gasteiger partial charge is 0.128 e. The van der Waals surface area contributed by atoms with E-state index in [1.54, 1.807) is 12.3 Å². The maximum atomic E-state index is 10.3. The molecular formula is C13H20N4O. The third-order valence-electron chi connectivity index (χ3n) is 3.52. The highest BCUT2D eigenvalue weighted by atomic mass is 16.3. The second-order valence-electron chi connectivity index (χ2n) is 5.11. The van der Waals surface area contributed by atoms with Crippen molar-refractivity contribution in [1.82, 2.24) is 4.98 Å². The molecular weight excluding hydrogens is 228 g/mol. The lowest BCUT2D eigenvalue weighted by molar-refractivity contribution is 0.0558. The summed E-state index contributed by atoms with van der Waals surface area (Å²) in [4.78, 5) is 6.22. The van der Waals surface area contributed by atoms with Crippen molar-refractivity contribution in [3.63, 3.8) is 0 Å². The topological polar surface area (TPSA) is 86.2 Å². The molecule has 0 aromatic carbocycles. The SMILES string of the molecule is CN(CC1(O)CCCC1)c1ccc(C(=N)N)cn1. The number of rotatable bonds is 4. The van der Waals surface area contributed by atoms with E-state index in [2.05, 4.69) is 4.98 Å². The number of anilines is 1. The number of hydrogen-bond acceptors (Lipinski definition) is 4. The molecule has 1 aromatic rings. The summed E-state index contributed by atoms with van der Waals surface area (Å²) in [6, 6.07) is 3.61. The quantitative estimate of drug-likeness (QED) is 0.550. The first kappa shape index (κ1) is 12.8. The maximum Gasteiger partial charge on any atom is 0.128 e. The molecule has 1 fully saturated rings. The molecule has 0 saturated heterocycles. The van der Waals surface area contributed by atoms with Gasteiger partial charge < -0.3 is 15.7 Å². The first-order valence-electron chi connectivity index (χ1n) is 6.24. The Morgan fingerprint density at radius 2 is 2.17 bits per heavy atom. The van der Waals surface area contributed by atoms with Gasteiger partial charge in [-0.2, -0.15) is 0 Å². The van der Waals surface area contributed by atoms with Gasteiger partial charge in [-0.05, 0) is 25.0 Å². The van der Waals surface area contributed by atoms with Crippen LogP contribution in [0.4, 0.5) is 5.82 Å². The maximum absolute atomic E-state index is 10.3. The summed E-state index contributed by atoms with van der Waals surface area (Å²) < 4.78 is 0. The van der Waals surface area contributed by atoms with Crippen molar-refractivity contribution in [3.8, 4) is 0 Å². The van der Waals surface area contributed by atoms with Gasteiger partial charge in [0.15, 0.2) is 0 Å². The second-order valence-corrected chi connectivity index (χ2v) is 5.11. The van der Waals surface area contributed by atoms with Crippen molar-refractivity contribution in [1.29, 1.82) is 5.41 Å². The van der Waals surface area contributed by atoms with Crippen LogP contribution in [-0.2, 0) is 0 Å². The Balaban J connectivity index is 2.04. The van der Waals surface area contributed by atoms with Gasteiger partial charge in [-0.25, -0.2) is 4.98 Å². The molecule has 1 aliphatic carbocycles. The molecule has 0 bridgehead atoms. The summed E-state index contributed by atoms with van der Waals surface area (Å²) in [5.74, 6) is 0.812.